The highest BCUT2D eigenvalue weighted by Crippen LogP contribution is 2.24. The zero-order valence-corrected chi connectivity index (χ0v) is 13.9. The molecule has 0 aromatic heterocycles. The third-order valence-corrected chi connectivity index (χ3v) is 4.22. The van der Waals surface area contributed by atoms with Crippen molar-refractivity contribution in [1.29, 1.82) is 0 Å². The van der Waals surface area contributed by atoms with Crippen LogP contribution < -0.4 is 15.2 Å². The standard InChI is InChI=1S/C15H14ClFN2O4S/c16-13-7-11(17)3-6-14(13)23-9-15(20)19-8-10-1-4-12(5-2-10)24(18,21)22/h1-7H,8-9H2,(H,19,20)(H2,18,21,22). The molecule has 2 aromatic rings. The smallest absolute Gasteiger partial charge is 0.258 e. The van der Waals surface area contributed by atoms with Gasteiger partial charge in [-0.05, 0) is 35.9 Å². The third kappa shape index (κ3) is 5.19. The molecule has 3 N–H and O–H groups in total. The molecular formula is C15H14ClFN2O4S. The molecule has 2 aromatic carbocycles. The SMILES string of the molecule is NS(=O)(=O)c1ccc(CNC(=O)COc2ccc(F)cc2Cl)cc1. The van der Waals surface area contributed by atoms with Crippen molar-refractivity contribution in [1.82, 2.24) is 5.32 Å². The van der Waals surface area contributed by atoms with Crippen LogP contribution in [0, 0.1) is 5.82 Å². The monoisotopic (exact) mass is 372 g/mol. The zero-order chi connectivity index (χ0) is 17.7. The Morgan fingerprint density at radius 1 is 1.21 bits per heavy atom. The summed E-state index contributed by atoms with van der Waals surface area (Å²) in [6, 6.07) is 9.37. The first-order valence-electron chi connectivity index (χ1n) is 6.72. The second kappa shape index (κ2) is 7.61. The summed E-state index contributed by atoms with van der Waals surface area (Å²) in [5.41, 5.74) is 0.690. The van der Waals surface area contributed by atoms with E-state index in [-0.39, 0.29) is 28.8 Å². The Bertz CT molecular complexity index is 841. The molecule has 0 bridgehead atoms. The summed E-state index contributed by atoms with van der Waals surface area (Å²) in [5.74, 6) is -0.712. The van der Waals surface area contributed by atoms with Gasteiger partial charge in [-0.15, -0.1) is 0 Å². The van der Waals surface area contributed by atoms with Gasteiger partial charge in [0.2, 0.25) is 10.0 Å². The van der Waals surface area contributed by atoms with Crippen molar-refractivity contribution in [3.8, 4) is 5.75 Å². The van der Waals surface area contributed by atoms with Crippen molar-refractivity contribution in [2.24, 2.45) is 5.14 Å². The first-order chi connectivity index (χ1) is 11.3. The Labute approximate surface area is 143 Å². The first kappa shape index (κ1) is 18.2. The Hall–Kier alpha value is -2.16. The van der Waals surface area contributed by atoms with Gasteiger partial charge in [-0.1, -0.05) is 23.7 Å². The number of nitrogens with two attached hydrogens (primary N) is 1. The summed E-state index contributed by atoms with van der Waals surface area (Å²) < 4.78 is 40.4. The van der Waals surface area contributed by atoms with Gasteiger partial charge < -0.3 is 10.1 Å². The normalized spacial score (nSPS) is 11.1. The van der Waals surface area contributed by atoms with E-state index >= 15 is 0 Å². The van der Waals surface area contributed by atoms with E-state index in [2.05, 4.69) is 5.32 Å². The van der Waals surface area contributed by atoms with Crippen LogP contribution in [-0.4, -0.2) is 20.9 Å². The fraction of sp³-hybridized carbons (Fsp3) is 0.133. The number of carbonyl (C=O) groups excluding carboxylic acids is 1. The van der Waals surface area contributed by atoms with Crippen LogP contribution in [0.2, 0.25) is 5.02 Å². The molecule has 0 unspecified atom stereocenters. The van der Waals surface area contributed by atoms with E-state index in [1.807, 2.05) is 0 Å². The lowest BCUT2D eigenvalue weighted by atomic mass is 10.2. The Morgan fingerprint density at radius 2 is 1.88 bits per heavy atom. The molecule has 1 amide bonds. The highest BCUT2D eigenvalue weighted by atomic mass is 35.5. The molecular weight excluding hydrogens is 359 g/mol. The molecule has 0 aliphatic heterocycles. The van der Waals surface area contributed by atoms with Gasteiger partial charge in [0, 0.05) is 6.54 Å². The van der Waals surface area contributed by atoms with Crippen molar-refractivity contribution in [2.75, 3.05) is 6.61 Å². The van der Waals surface area contributed by atoms with Crippen molar-refractivity contribution in [3.05, 3.63) is 58.9 Å². The van der Waals surface area contributed by atoms with Crippen LogP contribution in [0.5, 0.6) is 5.75 Å². The molecule has 0 heterocycles. The second-order valence-corrected chi connectivity index (χ2v) is 6.80. The van der Waals surface area contributed by atoms with Gasteiger partial charge in [-0.3, -0.25) is 4.79 Å². The summed E-state index contributed by atoms with van der Waals surface area (Å²) in [4.78, 5) is 11.7. The summed E-state index contributed by atoms with van der Waals surface area (Å²) in [6.45, 7) is -0.106. The molecule has 0 spiro atoms. The van der Waals surface area contributed by atoms with Crippen LogP contribution in [-0.2, 0) is 21.4 Å². The highest BCUT2D eigenvalue weighted by Gasteiger charge is 2.09. The molecule has 24 heavy (non-hydrogen) atoms. The third-order valence-electron chi connectivity index (χ3n) is 2.99. The molecule has 0 atom stereocenters. The predicted molar refractivity (Wildman–Crippen MR) is 86.6 cm³/mol. The minimum Gasteiger partial charge on any atom is -0.482 e. The van der Waals surface area contributed by atoms with Crippen LogP contribution in [0.3, 0.4) is 0 Å². The van der Waals surface area contributed by atoms with E-state index in [9.17, 15) is 17.6 Å². The predicted octanol–water partition coefficient (Wildman–Crippen LogP) is 1.82. The van der Waals surface area contributed by atoms with Crippen molar-refractivity contribution >= 4 is 27.5 Å². The van der Waals surface area contributed by atoms with Gasteiger partial charge >= 0.3 is 0 Å². The van der Waals surface area contributed by atoms with Gasteiger partial charge in [0.15, 0.2) is 6.61 Å². The number of ether oxygens (including phenoxy) is 1. The number of rotatable bonds is 6. The largest absolute Gasteiger partial charge is 0.482 e. The summed E-state index contributed by atoms with van der Waals surface area (Å²) in [6.07, 6.45) is 0. The maximum Gasteiger partial charge on any atom is 0.258 e. The van der Waals surface area contributed by atoms with E-state index < -0.39 is 21.7 Å². The quantitative estimate of drug-likeness (QED) is 0.808. The lowest BCUT2D eigenvalue weighted by Gasteiger charge is -2.09. The number of benzene rings is 2. The van der Waals surface area contributed by atoms with Crippen LogP contribution in [0.25, 0.3) is 0 Å². The molecule has 9 heteroatoms. The number of carbonyl (C=O) groups is 1. The molecule has 0 aliphatic carbocycles. The van der Waals surface area contributed by atoms with Crippen LogP contribution in [0.15, 0.2) is 47.4 Å². The molecule has 128 valence electrons. The maximum atomic E-state index is 12.9. The van der Waals surface area contributed by atoms with Crippen molar-refractivity contribution in [2.45, 2.75) is 11.4 Å². The van der Waals surface area contributed by atoms with Crippen molar-refractivity contribution < 1.29 is 22.3 Å². The number of hydrogen-bond donors (Lipinski definition) is 2. The number of amides is 1. The first-order valence-corrected chi connectivity index (χ1v) is 8.64. The van der Waals surface area contributed by atoms with Gasteiger partial charge in [-0.25, -0.2) is 17.9 Å². The molecule has 6 nitrogen and oxygen atoms in total. The van der Waals surface area contributed by atoms with Crippen LogP contribution in [0.4, 0.5) is 4.39 Å². The van der Waals surface area contributed by atoms with Gasteiger partial charge in [0.1, 0.15) is 11.6 Å². The lowest BCUT2D eigenvalue weighted by molar-refractivity contribution is -0.123. The van der Waals surface area contributed by atoms with Gasteiger partial charge in [-0.2, -0.15) is 0 Å². The van der Waals surface area contributed by atoms with E-state index in [0.717, 1.165) is 6.07 Å². The zero-order valence-electron chi connectivity index (χ0n) is 12.3. The molecule has 2 rings (SSSR count). The van der Waals surface area contributed by atoms with Crippen molar-refractivity contribution in [3.63, 3.8) is 0 Å². The number of primary sulfonamides is 1. The Morgan fingerprint density at radius 3 is 2.46 bits per heavy atom. The topological polar surface area (TPSA) is 98.5 Å². The highest BCUT2D eigenvalue weighted by molar-refractivity contribution is 7.89. The molecule has 0 radical (unpaired) electrons. The summed E-state index contributed by atoms with van der Waals surface area (Å²) >= 11 is 5.78. The Kier molecular flexibility index (Phi) is 5.76. The maximum absolute atomic E-state index is 12.9. The van der Waals surface area contributed by atoms with Gasteiger partial charge in [0.05, 0.1) is 9.92 Å². The number of sulfonamides is 1. The minimum atomic E-state index is -3.74. The second-order valence-electron chi connectivity index (χ2n) is 4.83. The van der Waals surface area contributed by atoms with Gasteiger partial charge in [0.25, 0.3) is 5.91 Å². The molecule has 0 saturated heterocycles. The molecule has 0 saturated carbocycles. The average Bonchev–Trinajstić information content (AvgIpc) is 2.51. The number of nitrogens with one attached hydrogen (secondary N) is 1. The van der Waals surface area contributed by atoms with E-state index in [0.29, 0.717) is 5.56 Å². The number of halogens is 2. The minimum absolute atomic E-state index is 0.00754. The summed E-state index contributed by atoms with van der Waals surface area (Å²) in [7, 11) is -3.74. The summed E-state index contributed by atoms with van der Waals surface area (Å²) in [5, 5.41) is 7.66. The average molecular weight is 373 g/mol. The van der Waals surface area contributed by atoms with Crippen LogP contribution >= 0.6 is 11.6 Å². The number of hydrogen-bond acceptors (Lipinski definition) is 4. The fourth-order valence-corrected chi connectivity index (χ4v) is 2.52. The van der Waals surface area contributed by atoms with E-state index in [4.69, 9.17) is 21.5 Å². The van der Waals surface area contributed by atoms with E-state index in [1.54, 1.807) is 0 Å². The fourth-order valence-electron chi connectivity index (χ4n) is 1.78. The Balaban J connectivity index is 1.85. The molecule has 0 aliphatic rings. The van der Waals surface area contributed by atoms with E-state index in [1.165, 1.54) is 36.4 Å². The van der Waals surface area contributed by atoms with Crippen LogP contribution in [0.1, 0.15) is 5.56 Å². The molecule has 0 fully saturated rings. The lowest BCUT2D eigenvalue weighted by Crippen LogP contribution is -2.28.